The maximum atomic E-state index is 4.34. The van der Waals surface area contributed by atoms with E-state index < -0.39 is 0 Å². The number of hydrogen-bond donors (Lipinski definition) is 0. The molecule has 0 radical (unpaired) electrons. The van der Waals surface area contributed by atoms with E-state index >= 15 is 0 Å². The molecule has 0 aromatic rings. The van der Waals surface area contributed by atoms with E-state index in [1.807, 2.05) is 0 Å². The number of likely N-dealkylation sites (N-methyl/N-ethyl adjacent to an activating group) is 1. The molecule has 0 N–H and O–H groups in total. The predicted molar refractivity (Wildman–Crippen MR) is 79.3 cm³/mol. The van der Waals surface area contributed by atoms with E-state index in [0.717, 1.165) is 6.42 Å². The van der Waals surface area contributed by atoms with Gasteiger partial charge in [-0.2, -0.15) is 0 Å². The fraction of sp³-hybridized carbons (Fsp3) is 0.875. The Morgan fingerprint density at radius 2 is 1.59 bits per heavy atom. The summed E-state index contributed by atoms with van der Waals surface area (Å²) in [4.78, 5) is 2.33. The minimum Gasteiger partial charge on any atom is -0.302 e. The van der Waals surface area contributed by atoms with Gasteiger partial charge in [-0.1, -0.05) is 53.7 Å². The molecule has 0 fully saturated rings. The van der Waals surface area contributed by atoms with Gasteiger partial charge in [0.2, 0.25) is 0 Å². The van der Waals surface area contributed by atoms with Gasteiger partial charge in [-0.3, -0.25) is 0 Å². The molecule has 102 valence electrons. The van der Waals surface area contributed by atoms with Gasteiger partial charge < -0.3 is 4.90 Å². The molecule has 0 spiro atoms. The van der Waals surface area contributed by atoms with E-state index in [1.54, 1.807) is 0 Å². The molecule has 0 heterocycles. The Kier molecular flexibility index (Phi) is 6.47. The van der Waals surface area contributed by atoms with Crippen molar-refractivity contribution < 1.29 is 0 Å². The predicted octanol–water partition coefficient (Wildman–Crippen LogP) is 4.59. The van der Waals surface area contributed by atoms with Gasteiger partial charge in [0.15, 0.2) is 0 Å². The van der Waals surface area contributed by atoms with Crippen molar-refractivity contribution in [2.75, 3.05) is 14.1 Å². The number of nitrogens with zero attached hydrogens (tertiary/aromatic N) is 1. The highest BCUT2D eigenvalue weighted by molar-refractivity contribution is 5.08. The van der Waals surface area contributed by atoms with E-state index in [4.69, 9.17) is 0 Å². The van der Waals surface area contributed by atoms with Crippen LogP contribution >= 0.6 is 0 Å². The summed E-state index contributed by atoms with van der Waals surface area (Å²) in [5, 5.41) is 0. The molecule has 0 bridgehead atoms. The maximum Gasteiger partial charge on any atom is 0.0326 e. The second-order valence-electron chi connectivity index (χ2n) is 7.23. The lowest BCUT2D eigenvalue weighted by Gasteiger charge is -2.35. The fourth-order valence-corrected chi connectivity index (χ4v) is 2.26. The molecular weight excluding hydrogens is 206 g/mol. The molecule has 0 aromatic heterocycles. The van der Waals surface area contributed by atoms with Crippen molar-refractivity contribution in [2.45, 2.75) is 60.4 Å². The molecule has 0 aliphatic carbocycles. The van der Waals surface area contributed by atoms with E-state index in [0.29, 0.717) is 23.3 Å². The van der Waals surface area contributed by atoms with Gasteiger partial charge in [0.1, 0.15) is 0 Å². The first-order valence-corrected chi connectivity index (χ1v) is 6.90. The summed E-state index contributed by atoms with van der Waals surface area (Å²) in [7, 11) is 4.34. The van der Waals surface area contributed by atoms with Crippen molar-refractivity contribution in [2.24, 2.45) is 17.3 Å². The van der Waals surface area contributed by atoms with Crippen molar-refractivity contribution in [3.05, 3.63) is 12.2 Å². The highest BCUT2D eigenvalue weighted by Crippen LogP contribution is 2.29. The lowest BCUT2D eigenvalue weighted by atomic mass is 9.81. The smallest absolute Gasteiger partial charge is 0.0326 e. The van der Waals surface area contributed by atoms with E-state index in [-0.39, 0.29) is 0 Å². The summed E-state index contributed by atoms with van der Waals surface area (Å²) < 4.78 is 0. The Morgan fingerprint density at radius 3 is 1.88 bits per heavy atom. The Bertz CT molecular complexity index is 232. The van der Waals surface area contributed by atoms with Gasteiger partial charge in [0.05, 0.1) is 0 Å². The van der Waals surface area contributed by atoms with Gasteiger partial charge in [0, 0.05) is 6.04 Å². The van der Waals surface area contributed by atoms with Crippen LogP contribution < -0.4 is 0 Å². The molecule has 0 aromatic carbocycles. The van der Waals surface area contributed by atoms with Crippen molar-refractivity contribution in [3.63, 3.8) is 0 Å². The standard InChI is InChI=1S/C16H33N/c1-12(2)14(4)15(17(8)9)13(3)10-11-16(5,6)7/h12,14-15H,3,10-11H2,1-2,4-9H3. The van der Waals surface area contributed by atoms with Crippen LogP contribution in [-0.2, 0) is 0 Å². The Balaban J connectivity index is 4.57. The molecule has 0 saturated carbocycles. The summed E-state index contributed by atoms with van der Waals surface area (Å²) in [6, 6.07) is 0.511. The summed E-state index contributed by atoms with van der Waals surface area (Å²) >= 11 is 0. The Morgan fingerprint density at radius 1 is 1.12 bits per heavy atom. The topological polar surface area (TPSA) is 3.24 Å². The monoisotopic (exact) mass is 239 g/mol. The van der Waals surface area contributed by atoms with Gasteiger partial charge in [-0.05, 0) is 44.2 Å². The normalized spacial score (nSPS) is 16.4. The zero-order valence-corrected chi connectivity index (χ0v) is 13.3. The second kappa shape index (κ2) is 6.58. The molecular formula is C16H33N. The van der Waals surface area contributed by atoms with Gasteiger partial charge in [-0.25, -0.2) is 0 Å². The van der Waals surface area contributed by atoms with Crippen LogP contribution in [0.3, 0.4) is 0 Å². The third-order valence-electron chi connectivity index (χ3n) is 3.72. The first-order valence-electron chi connectivity index (χ1n) is 6.90. The zero-order valence-electron chi connectivity index (χ0n) is 13.3. The molecule has 1 heteroatoms. The molecule has 2 atom stereocenters. The quantitative estimate of drug-likeness (QED) is 0.613. The van der Waals surface area contributed by atoms with E-state index in [9.17, 15) is 0 Å². The summed E-state index contributed by atoms with van der Waals surface area (Å²) in [6.07, 6.45) is 2.37. The average Bonchev–Trinajstić information content (AvgIpc) is 2.13. The SMILES string of the molecule is C=C(CCC(C)(C)C)C(C(C)C(C)C)N(C)C. The summed E-state index contributed by atoms with van der Waals surface area (Å²) in [6.45, 7) is 18.2. The van der Waals surface area contributed by atoms with Gasteiger partial charge in [0.25, 0.3) is 0 Å². The van der Waals surface area contributed by atoms with Gasteiger partial charge >= 0.3 is 0 Å². The first-order chi connectivity index (χ1) is 7.56. The third kappa shape index (κ3) is 6.26. The summed E-state index contributed by atoms with van der Waals surface area (Å²) in [5.41, 5.74) is 1.80. The molecule has 0 rings (SSSR count). The minimum absolute atomic E-state index is 0.404. The van der Waals surface area contributed by atoms with Crippen LogP contribution in [0, 0.1) is 17.3 Å². The molecule has 2 unspecified atom stereocenters. The zero-order chi connectivity index (χ0) is 13.8. The van der Waals surface area contributed by atoms with Crippen molar-refractivity contribution in [1.82, 2.24) is 4.90 Å². The summed E-state index contributed by atoms with van der Waals surface area (Å²) in [5.74, 6) is 1.37. The number of hydrogen-bond acceptors (Lipinski definition) is 1. The molecule has 0 aliphatic rings. The average molecular weight is 239 g/mol. The van der Waals surface area contributed by atoms with Crippen LogP contribution in [0.25, 0.3) is 0 Å². The van der Waals surface area contributed by atoms with Crippen molar-refractivity contribution in [1.29, 1.82) is 0 Å². The van der Waals surface area contributed by atoms with Crippen LogP contribution in [0.15, 0.2) is 12.2 Å². The lowest BCUT2D eigenvalue weighted by Crippen LogP contribution is -2.38. The molecule has 0 amide bonds. The molecule has 1 nitrogen and oxygen atoms in total. The largest absolute Gasteiger partial charge is 0.302 e. The van der Waals surface area contributed by atoms with Crippen molar-refractivity contribution >= 4 is 0 Å². The van der Waals surface area contributed by atoms with Crippen molar-refractivity contribution in [3.8, 4) is 0 Å². The first kappa shape index (κ1) is 16.7. The lowest BCUT2D eigenvalue weighted by molar-refractivity contribution is 0.206. The third-order valence-corrected chi connectivity index (χ3v) is 3.72. The maximum absolute atomic E-state index is 4.34. The van der Waals surface area contributed by atoms with Crippen LogP contribution in [0.2, 0.25) is 0 Å². The number of rotatable bonds is 6. The van der Waals surface area contributed by atoms with Gasteiger partial charge in [-0.15, -0.1) is 0 Å². The van der Waals surface area contributed by atoms with Crippen LogP contribution in [0.5, 0.6) is 0 Å². The van der Waals surface area contributed by atoms with Crippen LogP contribution in [0.1, 0.15) is 54.4 Å². The molecule has 0 saturated heterocycles. The molecule has 0 aliphatic heterocycles. The highest BCUT2D eigenvalue weighted by atomic mass is 15.1. The van der Waals surface area contributed by atoms with E-state index in [2.05, 4.69) is 67.1 Å². The highest BCUT2D eigenvalue weighted by Gasteiger charge is 2.25. The Hall–Kier alpha value is -0.300. The van der Waals surface area contributed by atoms with Crippen LogP contribution in [-0.4, -0.2) is 25.0 Å². The fourth-order valence-electron chi connectivity index (χ4n) is 2.26. The van der Waals surface area contributed by atoms with E-state index in [1.165, 1.54) is 12.0 Å². The van der Waals surface area contributed by atoms with Crippen LogP contribution in [0.4, 0.5) is 0 Å². The Labute approximate surface area is 109 Å². The second-order valence-corrected chi connectivity index (χ2v) is 7.23. The molecule has 17 heavy (non-hydrogen) atoms. The minimum atomic E-state index is 0.404.